The van der Waals surface area contributed by atoms with Crippen LogP contribution in [0.3, 0.4) is 0 Å². The molecule has 0 radical (unpaired) electrons. The predicted molar refractivity (Wildman–Crippen MR) is 156 cm³/mol. The van der Waals surface area contributed by atoms with E-state index >= 15 is 0 Å². The van der Waals surface area contributed by atoms with Crippen LogP contribution in [0.4, 0.5) is 23.0 Å². The number of hydrogen-bond donors (Lipinski definition) is 4. The quantitative estimate of drug-likeness (QED) is 0.300. The normalized spacial score (nSPS) is 19.7. The predicted octanol–water partition coefficient (Wildman–Crippen LogP) is 2.32. The van der Waals surface area contributed by atoms with Crippen molar-refractivity contribution in [1.82, 2.24) is 24.1 Å². The Kier molecular flexibility index (Phi) is 8.25. The Morgan fingerprint density at radius 1 is 1.11 bits per heavy atom. The molecule has 5 rings (SSSR count). The zero-order valence-electron chi connectivity index (χ0n) is 22.0. The first kappa shape index (κ1) is 26.6. The Morgan fingerprint density at radius 3 is 2.42 bits per heavy atom. The van der Waals surface area contributed by atoms with Crippen molar-refractivity contribution in [2.45, 2.75) is 38.3 Å². The highest BCUT2D eigenvalue weighted by molar-refractivity contribution is 7.77. The summed E-state index contributed by atoms with van der Waals surface area (Å²) in [4.78, 5) is 38.8. The SMILES string of the molecule is C=CC(=O)N1CC(Nc2nc(Nc3ccc(N4CCC(N5CCN(S)CC5)CC4)cc3)c(=O)[nH]c2CC)C1. The Bertz CT molecular complexity index is 1180. The van der Waals surface area contributed by atoms with Crippen LogP contribution in [-0.2, 0) is 11.2 Å². The van der Waals surface area contributed by atoms with E-state index in [4.69, 9.17) is 0 Å². The van der Waals surface area contributed by atoms with Crippen molar-refractivity contribution in [3.8, 4) is 0 Å². The van der Waals surface area contributed by atoms with Crippen molar-refractivity contribution in [2.24, 2.45) is 0 Å². The molecule has 0 aliphatic carbocycles. The highest BCUT2D eigenvalue weighted by Crippen LogP contribution is 2.26. The van der Waals surface area contributed by atoms with Gasteiger partial charge < -0.3 is 25.4 Å². The number of thiol groups is 1. The van der Waals surface area contributed by atoms with Crippen molar-refractivity contribution in [3.05, 3.63) is 53.0 Å². The minimum Gasteiger partial charge on any atom is -0.371 e. The number of carbonyl (C=O) groups is 1. The first-order valence-electron chi connectivity index (χ1n) is 13.5. The maximum atomic E-state index is 12.7. The molecule has 0 saturated carbocycles. The minimum absolute atomic E-state index is 0.0735. The summed E-state index contributed by atoms with van der Waals surface area (Å²) < 4.78 is 2.11. The Balaban J connectivity index is 1.18. The summed E-state index contributed by atoms with van der Waals surface area (Å²) >= 11 is 4.47. The van der Waals surface area contributed by atoms with Crippen molar-refractivity contribution in [2.75, 3.05) is 67.9 Å². The third kappa shape index (κ3) is 6.00. The van der Waals surface area contributed by atoms with Gasteiger partial charge in [0, 0.05) is 69.8 Å². The molecule has 3 fully saturated rings. The molecule has 3 saturated heterocycles. The molecular weight excluding hydrogens is 500 g/mol. The highest BCUT2D eigenvalue weighted by Gasteiger charge is 2.30. The summed E-state index contributed by atoms with van der Waals surface area (Å²) in [5, 5.41) is 6.56. The van der Waals surface area contributed by atoms with Crippen LogP contribution >= 0.6 is 12.8 Å². The Hall–Kier alpha value is -3.02. The number of hydrogen-bond acceptors (Lipinski definition) is 9. The topological polar surface area (TPSA) is 99.8 Å². The van der Waals surface area contributed by atoms with Gasteiger partial charge >= 0.3 is 0 Å². The Morgan fingerprint density at radius 2 is 1.79 bits per heavy atom. The van der Waals surface area contributed by atoms with Gasteiger partial charge in [0.05, 0.1) is 11.7 Å². The minimum atomic E-state index is -0.255. The lowest BCUT2D eigenvalue weighted by Crippen LogP contribution is -2.56. The average Bonchev–Trinajstić information content (AvgIpc) is 2.92. The van der Waals surface area contributed by atoms with E-state index in [9.17, 15) is 9.59 Å². The molecular formula is C27H38N8O2S. The zero-order valence-corrected chi connectivity index (χ0v) is 22.9. The molecule has 3 N–H and O–H groups in total. The fraction of sp³-hybridized carbons (Fsp3) is 0.519. The standard InChI is InChI=1S/C27H38N8O2S/c1-3-23-25(29-20-17-34(18-20)24(36)4-2)31-26(27(37)30-23)28-19-5-7-21(8-6-19)32-11-9-22(10-12-32)33-13-15-35(38)16-14-33/h4-8,20,22,38H,2-3,9-18H2,1H3,(H,30,37)(H2,28,29,31). The molecule has 0 spiro atoms. The number of aryl methyl sites for hydroxylation is 1. The number of nitrogens with one attached hydrogen (secondary N) is 3. The number of amides is 1. The lowest BCUT2D eigenvalue weighted by atomic mass is 10.0. The number of piperazine rings is 1. The molecule has 3 aliphatic heterocycles. The second kappa shape index (κ2) is 11.8. The van der Waals surface area contributed by atoms with Crippen LogP contribution in [0.15, 0.2) is 41.7 Å². The van der Waals surface area contributed by atoms with E-state index in [0.29, 0.717) is 31.4 Å². The third-order valence-electron chi connectivity index (χ3n) is 7.82. The van der Waals surface area contributed by atoms with Crippen LogP contribution in [0.5, 0.6) is 0 Å². The molecule has 2 aromatic rings. The summed E-state index contributed by atoms with van der Waals surface area (Å²) in [5.74, 6) is 0.814. The van der Waals surface area contributed by atoms with Crippen LogP contribution in [0.2, 0.25) is 0 Å². The van der Waals surface area contributed by atoms with Crippen molar-refractivity contribution < 1.29 is 4.79 Å². The monoisotopic (exact) mass is 538 g/mol. The van der Waals surface area contributed by atoms with Gasteiger partial charge in [-0.1, -0.05) is 26.3 Å². The third-order valence-corrected chi connectivity index (χ3v) is 8.22. The van der Waals surface area contributed by atoms with Crippen LogP contribution < -0.4 is 21.1 Å². The zero-order chi connectivity index (χ0) is 26.6. The molecule has 0 bridgehead atoms. The van der Waals surface area contributed by atoms with E-state index < -0.39 is 0 Å². The van der Waals surface area contributed by atoms with Gasteiger partial charge in [-0.3, -0.25) is 18.8 Å². The number of nitrogens with zero attached hydrogens (tertiary/aromatic N) is 5. The molecule has 11 heteroatoms. The summed E-state index contributed by atoms with van der Waals surface area (Å²) in [6.07, 6.45) is 4.31. The molecule has 3 aliphatic rings. The van der Waals surface area contributed by atoms with Gasteiger partial charge in [-0.15, -0.1) is 0 Å². The van der Waals surface area contributed by atoms with E-state index in [1.54, 1.807) is 4.90 Å². The van der Waals surface area contributed by atoms with Gasteiger partial charge in [-0.05, 0) is 49.6 Å². The summed E-state index contributed by atoms with van der Waals surface area (Å²) in [6, 6.07) is 8.96. The van der Waals surface area contributed by atoms with E-state index in [-0.39, 0.29) is 23.3 Å². The van der Waals surface area contributed by atoms with Gasteiger partial charge in [0.2, 0.25) is 5.91 Å². The first-order valence-corrected chi connectivity index (χ1v) is 13.9. The molecule has 1 aromatic heterocycles. The van der Waals surface area contributed by atoms with E-state index in [1.807, 2.05) is 19.1 Å². The number of aromatic nitrogens is 2. The van der Waals surface area contributed by atoms with Gasteiger partial charge in [0.1, 0.15) is 5.82 Å². The molecule has 4 heterocycles. The number of anilines is 4. The van der Waals surface area contributed by atoms with Crippen LogP contribution in [-0.4, -0.2) is 94.4 Å². The van der Waals surface area contributed by atoms with Crippen molar-refractivity contribution >= 4 is 41.7 Å². The molecule has 0 unspecified atom stereocenters. The van der Waals surface area contributed by atoms with E-state index in [1.165, 1.54) is 24.6 Å². The van der Waals surface area contributed by atoms with Gasteiger partial charge in [-0.25, -0.2) is 4.98 Å². The van der Waals surface area contributed by atoms with Gasteiger partial charge in [-0.2, -0.15) is 0 Å². The largest absolute Gasteiger partial charge is 0.371 e. The number of likely N-dealkylation sites (tertiary alicyclic amines) is 1. The van der Waals surface area contributed by atoms with Crippen molar-refractivity contribution in [3.63, 3.8) is 0 Å². The summed E-state index contributed by atoms with van der Waals surface area (Å²) in [5.41, 5.74) is 2.51. The van der Waals surface area contributed by atoms with Gasteiger partial charge in [0.15, 0.2) is 5.82 Å². The molecule has 204 valence electrons. The molecule has 0 atom stereocenters. The smallest absolute Gasteiger partial charge is 0.291 e. The number of aromatic amines is 1. The van der Waals surface area contributed by atoms with E-state index in [0.717, 1.165) is 50.6 Å². The average molecular weight is 539 g/mol. The lowest BCUT2D eigenvalue weighted by Gasteiger charge is -2.42. The van der Waals surface area contributed by atoms with Crippen LogP contribution in [0, 0.1) is 0 Å². The van der Waals surface area contributed by atoms with Gasteiger partial charge in [0.25, 0.3) is 5.56 Å². The summed E-state index contributed by atoms with van der Waals surface area (Å²) in [7, 11) is 0. The van der Waals surface area contributed by atoms with Crippen LogP contribution in [0.1, 0.15) is 25.5 Å². The number of H-pyrrole nitrogens is 1. The second-order valence-corrected chi connectivity index (χ2v) is 10.8. The maximum absolute atomic E-state index is 12.7. The highest BCUT2D eigenvalue weighted by atomic mass is 32.1. The fourth-order valence-electron chi connectivity index (χ4n) is 5.48. The molecule has 1 amide bonds. The number of piperidine rings is 1. The molecule has 10 nitrogen and oxygen atoms in total. The van der Waals surface area contributed by atoms with Crippen LogP contribution in [0.25, 0.3) is 0 Å². The number of benzene rings is 1. The first-order chi connectivity index (χ1) is 18.4. The second-order valence-electron chi connectivity index (χ2n) is 10.3. The van der Waals surface area contributed by atoms with Crippen molar-refractivity contribution in [1.29, 1.82) is 0 Å². The lowest BCUT2D eigenvalue weighted by molar-refractivity contribution is -0.129. The number of rotatable bonds is 8. The molecule has 1 aromatic carbocycles. The number of carbonyl (C=O) groups excluding carboxylic acids is 1. The molecule has 38 heavy (non-hydrogen) atoms. The van der Waals surface area contributed by atoms with E-state index in [2.05, 4.69) is 66.2 Å². The summed E-state index contributed by atoms with van der Waals surface area (Å²) in [6.45, 7) is 13.0. The maximum Gasteiger partial charge on any atom is 0.291 e. The Labute approximate surface area is 229 Å². The fourth-order valence-corrected chi connectivity index (χ4v) is 5.65.